The number of carboxylic acids is 1. The maximum absolute atomic E-state index is 11.3. The van der Waals surface area contributed by atoms with Crippen LogP contribution in [0.3, 0.4) is 0 Å². The maximum atomic E-state index is 11.3. The first-order chi connectivity index (χ1) is 8.49. The SMILES string of the molecule is CN(C)C(=O)COc1cccc(CCC(=O)O)c1. The van der Waals surface area contributed by atoms with E-state index in [1.54, 1.807) is 32.3 Å². The first-order valence-corrected chi connectivity index (χ1v) is 5.62. The summed E-state index contributed by atoms with van der Waals surface area (Å²) in [6.07, 6.45) is 0.536. The number of likely N-dealkylation sites (N-methyl/N-ethyl adjacent to an activating group) is 1. The number of nitrogens with zero attached hydrogens (tertiary/aromatic N) is 1. The molecule has 18 heavy (non-hydrogen) atoms. The number of amides is 1. The third-order valence-corrected chi connectivity index (χ3v) is 2.39. The molecule has 0 aromatic heterocycles. The zero-order valence-electron chi connectivity index (χ0n) is 10.5. The van der Waals surface area contributed by atoms with Gasteiger partial charge in [-0.05, 0) is 24.1 Å². The largest absolute Gasteiger partial charge is 0.484 e. The average Bonchev–Trinajstić information content (AvgIpc) is 2.33. The van der Waals surface area contributed by atoms with Crippen molar-refractivity contribution < 1.29 is 19.4 Å². The molecular weight excluding hydrogens is 234 g/mol. The van der Waals surface area contributed by atoms with Crippen LogP contribution in [0, 0.1) is 0 Å². The molecule has 1 aromatic carbocycles. The molecule has 5 nitrogen and oxygen atoms in total. The van der Waals surface area contributed by atoms with Crippen molar-refractivity contribution in [2.45, 2.75) is 12.8 Å². The Balaban J connectivity index is 2.54. The zero-order chi connectivity index (χ0) is 13.5. The number of benzene rings is 1. The number of hydrogen-bond acceptors (Lipinski definition) is 3. The highest BCUT2D eigenvalue weighted by Crippen LogP contribution is 2.14. The van der Waals surface area contributed by atoms with Gasteiger partial charge in [-0.2, -0.15) is 0 Å². The van der Waals surface area contributed by atoms with E-state index in [-0.39, 0.29) is 18.9 Å². The zero-order valence-corrected chi connectivity index (χ0v) is 10.5. The van der Waals surface area contributed by atoms with Crippen molar-refractivity contribution in [1.82, 2.24) is 4.90 Å². The predicted octanol–water partition coefficient (Wildman–Crippen LogP) is 1.17. The Morgan fingerprint density at radius 2 is 2.06 bits per heavy atom. The molecule has 0 aliphatic heterocycles. The van der Waals surface area contributed by atoms with Crippen LogP contribution in [0.5, 0.6) is 5.75 Å². The fraction of sp³-hybridized carbons (Fsp3) is 0.385. The summed E-state index contributed by atoms with van der Waals surface area (Å²) in [5, 5.41) is 8.60. The van der Waals surface area contributed by atoms with Gasteiger partial charge in [0.05, 0.1) is 0 Å². The quantitative estimate of drug-likeness (QED) is 0.824. The van der Waals surface area contributed by atoms with Gasteiger partial charge >= 0.3 is 5.97 Å². The number of carboxylic acid groups (broad SMARTS) is 1. The summed E-state index contributed by atoms with van der Waals surface area (Å²) < 4.78 is 5.34. The van der Waals surface area contributed by atoms with E-state index in [2.05, 4.69) is 0 Å². The van der Waals surface area contributed by atoms with Crippen molar-refractivity contribution in [2.24, 2.45) is 0 Å². The van der Waals surface area contributed by atoms with E-state index in [0.717, 1.165) is 5.56 Å². The highest BCUT2D eigenvalue weighted by molar-refractivity contribution is 5.77. The van der Waals surface area contributed by atoms with Gasteiger partial charge in [-0.25, -0.2) is 0 Å². The number of carbonyl (C=O) groups is 2. The van der Waals surface area contributed by atoms with E-state index >= 15 is 0 Å². The minimum atomic E-state index is -0.830. The van der Waals surface area contributed by atoms with E-state index < -0.39 is 5.97 Å². The maximum Gasteiger partial charge on any atom is 0.303 e. The van der Waals surface area contributed by atoms with Crippen LogP contribution in [0.4, 0.5) is 0 Å². The average molecular weight is 251 g/mol. The summed E-state index contributed by atoms with van der Waals surface area (Å²) in [6, 6.07) is 7.12. The van der Waals surface area contributed by atoms with Crippen molar-refractivity contribution >= 4 is 11.9 Å². The van der Waals surface area contributed by atoms with Crippen LogP contribution < -0.4 is 4.74 Å². The van der Waals surface area contributed by atoms with Crippen LogP contribution >= 0.6 is 0 Å². The third kappa shape index (κ3) is 4.86. The third-order valence-electron chi connectivity index (χ3n) is 2.39. The van der Waals surface area contributed by atoms with Gasteiger partial charge in [-0.1, -0.05) is 12.1 Å². The molecule has 0 atom stereocenters. The van der Waals surface area contributed by atoms with Crippen LogP contribution in [-0.4, -0.2) is 42.6 Å². The first-order valence-electron chi connectivity index (χ1n) is 5.62. The Bertz CT molecular complexity index is 429. The van der Waals surface area contributed by atoms with Crippen LogP contribution in [0.15, 0.2) is 24.3 Å². The molecule has 0 heterocycles. The Hall–Kier alpha value is -2.04. The molecule has 1 rings (SSSR count). The highest BCUT2D eigenvalue weighted by Gasteiger charge is 2.05. The van der Waals surface area contributed by atoms with Gasteiger partial charge in [0.1, 0.15) is 5.75 Å². The Labute approximate surface area is 106 Å². The van der Waals surface area contributed by atoms with Gasteiger partial charge in [-0.15, -0.1) is 0 Å². The molecule has 0 fully saturated rings. The van der Waals surface area contributed by atoms with Gasteiger partial charge in [0.15, 0.2) is 6.61 Å². The Morgan fingerprint density at radius 3 is 2.67 bits per heavy atom. The second kappa shape index (κ2) is 6.64. The number of ether oxygens (including phenoxy) is 1. The molecule has 0 saturated carbocycles. The number of carbonyl (C=O) groups excluding carboxylic acids is 1. The number of rotatable bonds is 6. The summed E-state index contributed by atoms with van der Waals surface area (Å²) in [5.41, 5.74) is 0.882. The lowest BCUT2D eigenvalue weighted by molar-refractivity contribution is -0.137. The summed E-state index contributed by atoms with van der Waals surface area (Å²) in [4.78, 5) is 23.3. The van der Waals surface area contributed by atoms with Crippen molar-refractivity contribution in [3.05, 3.63) is 29.8 Å². The predicted molar refractivity (Wildman–Crippen MR) is 66.6 cm³/mol. The van der Waals surface area contributed by atoms with Crippen molar-refractivity contribution in [1.29, 1.82) is 0 Å². The normalized spacial score (nSPS) is 9.89. The molecule has 0 radical (unpaired) electrons. The van der Waals surface area contributed by atoms with Crippen LogP contribution in [0.25, 0.3) is 0 Å². The first kappa shape index (κ1) is 14.0. The van der Waals surface area contributed by atoms with E-state index in [9.17, 15) is 9.59 Å². The molecule has 1 N–H and O–H groups in total. The van der Waals surface area contributed by atoms with Crippen LogP contribution in [0.1, 0.15) is 12.0 Å². The van der Waals surface area contributed by atoms with Gasteiger partial charge in [0.25, 0.3) is 5.91 Å². The summed E-state index contributed by atoms with van der Waals surface area (Å²) >= 11 is 0. The summed E-state index contributed by atoms with van der Waals surface area (Å²) in [6.45, 7) is -0.0185. The lowest BCUT2D eigenvalue weighted by Crippen LogP contribution is -2.27. The van der Waals surface area contributed by atoms with Gasteiger partial charge in [-0.3, -0.25) is 9.59 Å². The second-order valence-corrected chi connectivity index (χ2v) is 4.12. The minimum Gasteiger partial charge on any atom is -0.484 e. The number of hydrogen-bond donors (Lipinski definition) is 1. The lowest BCUT2D eigenvalue weighted by atomic mass is 10.1. The molecule has 1 amide bonds. The number of aryl methyl sites for hydroxylation is 1. The van der Waals surface area contributed by atoms with Crippen LogP contribution in [-0.2, 0) is 16.0 Å². The highest BCUT2D eigenvalue weighted by atomic mass is 16.5. The van der Waals surface area contributed by atoms with Crippen molar-refractivity contribution in [2.75, 3.05) is 20.7 Å². The van der Waals surface area contributed by atoms with Crippen molar-refractivity contribution in [3.63, 3.8) is 0 Å². The second-order valence-electron chi connectivity index (χ2n) is 4.12. The number of aliphatic carboxylic acids is 1. The molecule has 0 spiro atoms. The monoisotopic (exact) mass is 251 g/mol. The molecule has 0 saturated heterocycles. The molecule has 0 aliphatic carbocycles. The van der Waals surface area contributed by atoms with Gasteiger partial charge in [0.2, 0.25) is 0 Å². The molecule has 5 heteroatoms. The van der Waals surface area contributed by atoms with Crippen LogP contribution in [0.2, 0.25) is 0 Å². The van der Waals surface area contributed by atoms with Gasteiger partial charge in [0, 0.05) is 20.5 Å². The smallest absolute Gasteiger partial charge is 0.303 e. The van der Waals surface area contributed by atoms with E-state index in [1.807, 2.05) is 6.07 Å². The summed E-state index contributed by atoms with van der Waals surface area (Å²) in [5.74, 6) is -0.372. The molecular formula is C13H17NO4. The fourth-order valence-electron chi connectivity index (χ4n) is 1.32. The topological polar surface area (TPSA) is 66.8 Å². The fourth-order valence-corrected chi connectivity index (χ4v) is 1.32. The minimum absolute atomic E-state index is 0.0185. The van der Waals surface area contributed by atoms with Crippen molar-refractivity contribution in [3.8, 4) is 5.75 Å². The lowest BCUT2D eigenvalue weighted by Gasteiger charge is -2.11. The van der Waals surface area contributed by atoms with E-state index in [0.29, 0.717) is 12.2 Å². The Morgan fingerprint density at radius 1 is 1.33 bits per heavy atom. The van der Waals surface area contributed by atoms with Gasteiger partial charge < -0.3 is 14.7 Å². The standard InChI is InChI=1S/C13H17NO4/c1-14(2)12(15)9-18-11-5-3-4-10(8-11)6-7-13(16)17/h3-5,8H,6-7,9H2,1-2H3,(H,16,17). The summed E-state index contributed by atoms with van der Waals surface area (Å²) in [7, 11) is 3.32. The van der Waals surface area contributed by atoms with E-state index in [4.69, 9.17) is 9.84 Å². The molecule has 0 aliphatic rings. The molecule has 0 unspecified atom stereocenters. The van der Waals surface area contributed by atoms with E-state index in [1.165, 1.54) is 4.90 Å². The molecule has 98 valence electrons. The molecule has 0 bridgehead atoms. The molecule has 1 aromatic rings. The Kier molecular flexibility index (Phi) is 5.17.